The van der Waals surface area contributed by atoms with Gasteiger partial charge in [0.1, 0.15) is 5.82 Å². The van der Waals surface area contributed by atoms with Gasteiger partial charge >= 0.3 is 0 Å². The number of likely N-dealkylation sites (tertiary alicyclic amines) is 1. The quantitative estimate of drug-likeness (QED) is 0.667. The molecule has 0 radical (unpaired) electrons. The van der Waals surface area contributed by atoms with E-state index in [1.165, 1.54) is 11.1 Å². The fourth-order valence-electron chi connectivity index (χ4n) is 4.01. The van der Waals surface area contributed by atoms with E-state index in [4.69, 9.17) is 0 Å². The predicted molar refractivity (Wildman–Crippen MR) is 113 cm³/mol. The fourth-order valence-corrected chi connectivity index (χ4v) is 4.01. The zero-order valence-corrected chi connectivity index (χ0v) is 16.9. The van der Waals surface area contributed by atoms with Gasteiger partial charge in [0.25, 0.3) is 0 Å². The van der Waals surface area contributed by atoms with Gasteiger partial charge in [0.05, 0.1) is 0 Å². The Labute approximate surface area is 163 Å². The van der Waals surface area contributed by atoms with Crippen LogP contribution in [0.3, 0.4) is 0 Å². The number of aromatic nitrogens is 1. The highest BCUT2D eigenvalue weighted by molar-refractivity contribution is 5.80. The molecule has 1 aromatic carbocycles. The van der Waals surface area contributed by atoms with Gasteiger partial charge in [-0.15, -0.1) is 0 Å². The van der Waals surface area contributed by atoms with Crippen molar-refractivity contribution >= 4 is 11.8 Å². The van der Waals surface area contributed by atoms with Crippen molar-refractivity contribution in [1.29, 1.82) is 0 Å². The van der Waals surface area contributed by atoms with E-state index < -0.39 is 0 Å². The minimum absolute atomic E-state index is 0.593. The Balaban J connectivity index is 1.63. The molecule has 1 fully saturated rings. The van der Waals surface area contributed by atoms with Gasteiger partial charge in [0, 0.05) is 52.5 Å². The van der Waals surface area contributed by atoms with Crippen LogP contribution in [0.15, 0.2) is 53.7 Å². The van der Waals surface area contributed by atoms with Crippen molar-refractivity contribution in [1.82, 2.24) is 15.2 Å². The number of nitrogens with zero attached hydrogens (tertiary/aromatic N) is 4. The number of nitrogens with one attached hydrogen (secondary N) is 1. The minimum Gasteiger partial charge on any atom is -0.362 e. The van der Waals surface area contributed by atoms with Crippen molar-refractivity contribution < 1.29 is 0 Å². The molecule has 0 amide bonds. The largest absolute Gasteiger partial charge is 0.362 e. The van der Waals surface area contributed by atoms with E-state index in [2.05, 4.69) is 63.5 Å². The number of guanidine groups is 1. The highest BCUT2D eigenvalue weighted by Crippen LogP contribution is 2.32. The molecule has 2 atom stereocenters. The van der Waals surface area contributed by atoms with Crippen LogP contribution < -0.4 is 10.2 Å². The highest BCUT2D eigenvalue weighted by Gasteiger charge is 2.28. The lowest BCUT2D eigenvalue weighted by molar-refractivity contribution is 0.234. The van der Waals surface area contributed by atoms with Crippen LogP contribution in [-0.4, -0.2) is 50.1 Å². The molecule has 1 aliphatic rings. The van der Waals surface area contributed by atoms with Gasteiger partial charge in [-0.2, -0.15) is 0 Å². The summed E-state index contributed by atoms with van der Waals surface area (Å²) in [4.78, 5) is 13.4. The second-order valence-corrected chi connectivity index (χ2v) is 7.51. The Kier molecular flexibility index (Phi) is 6.32. The molecular formula is C22H31N5. The van der Waals surface area contributed by atoms with Gasteiger partial charge in [-0.25, -0.2) is 4.98 Å². The Bertz CT molecular complexity index is 756. The first-order chi connectivity index (χ1) is 13.1. The van der Waals surface area contributed by atoms with Crippen LogP contribution >= 0.6 is 0 Å². The van der Waals surface area contributed by atoms with Crippen molar-refractivity contribution in [3.63, 3.8) is 0 Å². The molecule has 3 rings (SSSR count). The molecule has 2 heterocycles. The normalized spacial score (nSPS) is 20.4. The molecule has 1 aliphatic heterocycles. The maximum atomic E-state index is 4.53. The SMILES string of the molecule is CN=C(NCc1cccnc1N(C)C)N1CCC(c2ccccc2)C(C)C1. The van der Waals surface area contributed by atoms with E-state index in [0.717, 1.165) is 37.8 Å². The zero-order valence-electron chi connectivity index (χ0n) is 16.9. The number of rotatable bonds is 4. The minimum atomic E-state index is 0.593. The van der Waals surface area contributed by atoms with Crippen molar-refractivity contribution in [3.05, 3.63) is 59.8 Å². The molecule has 2 unspecified atom stereocenters. The van der Waals surface area contributed by atoms with Crippen LogP contribution in [0.2, 0.25) is 0 Å². The van der Waals surface area contributed by atoms with Gasteiger partial charge in [-0.05, 0) is 29.9 Å². The Hall–Kier alpha value is -2.56. The number of piperidine rings is 1. The zero-order chi connectivity index (χ0) is 19.2. The number of anilines is 1. The lowest BCUT2D eigenvalue weighted by Gasteiger charge is -2.39. The molecule has 5 nitrogen and oxygen atoms in total. The maximum absolute atomic E-state index is 4.53. The van der Waals surface area contributed by atoms with Crippen LogP contribution in [0.25, 0.3) is 0 Å². The second-order valence-electron chi connectivity index (χ2n) is 7.51. The van der Waals surface area contributed by atoms with Gasteiger partial charge in [-0.3, -0.25) is 4.99 Å². The first kappa shape index (κ1) is 19.2. The molecule has 0 spiro atoms. The van der Waals surface area contributed by atoms with Crippen LogP contribution in [0.4, 0.5) is 5.82 Å². The molecule has 0 saturated carbocycles. The maximum Gasteiger partial charge on any atom is 0.193 e. The van der Waals surface area contributed by atoms with E-state index in [1.807, 2.05) is 38.3 Å². The third kappa shape index (κ3) is 4.59. The molecular weight excluding hydrogens is 334 g/mol. The summed E-state index contributed by atoms with van der Waals surface area (Å²) in [5.41, 5.74) is 2.63. The molecule has 27 heavy (non-hydrogen) atoms. The van der Waals surface area contributed by atoms with E-state index in [-0.39, 0.29) is 0 Å². The fraction of sp³-hybridized carbons (Fsp3) is 0.455. The summed E-state index contributed by atoms with van der Waals surface area (Å²) in [7, 11) is 5.92. The lowest BCUT2D eigenvalue weighted by Crippen LogP contribution is -2.47. The topological polar surface area (TPSA) is 43.8 Å². The average Bonchev–Trinajstić information content (AvgIpc) is 2.69. The Morgan fingerprint density at radius 3 is 2.67 bits per heavy atom. The molecule has 2 aromatic rings. The number of hydrogen-bond acceptors (Lipinski definition) is 3. The van der Waals surface area contributed by atoms with Crippen molar-refractivity contribution in [3.8, 4) is 0 Å². The summed E-state index contributed by atoms with van der Waals surface area (Å²) in [6, 6.07) is 15.0. The third-order valence-electron chi connectivity index (χ3n) is 5.37. The summed E-state index contributed by atoms with van der Waals surface area (Å²) in [5, 5.41) is 3.54. The summed E-state index contributed by atoms with van der Waals surface area (Å²) in [6.45, 7) is 5.12. The molecule has 0 aliphatic carbocycles. The summed E-state index contributed by atoms with van der Waals surface area (Å²) >= 11 is 0. The van der Waals surface area contributed by atoms with Crippen molar-refractivity contribution in [2.45, 2.75) is 25.8 Å². The van der Waals surface area contributed by atoms with Crippen molar-refractivity contribution in [2.75, 3.05) is 39.1 Å². The first-order valence-corrected chi connectivity index (χ1v) is 9.72. The number of hydrogen-bond donors (Lipinski definition) is 1. The van der Waals surface area contributed by atoms with Gasteiger partial charge in [0.15, 0.2) is 5.96 Å². The van der Waals surface area contributed by atoms with Crippen LogP contribution in [0.5, 0.6) is 0 Å². The van der Waals surface area contributed by atoms with Gasteiger partial charge < -0.3 is 15.1 Å². The number of aliphatic imine (C=N–C) groups is 1. The van der Waals surface area contributed by atoms with E-state index >= 15 is 0 Å². The third-order valence-corrected chi connectivity index (χ3v) is 5.37. The predicted octanol–water partition coefficient (Wildman–Crippen LogP) is 3.35. The number of pyridine rings is 1. The lowest BCUT2D eigenvalue weighted by atomic mass is 9.82. The molecule has 1 aromatic heterocycles. The van der Waals surface area contributed by atoms with Crippen LogP contribution in [0, 0.1) is 5.92 Å². The smallest absolute Gasteiger partial charge is 0.193 e. The monoisotopic (exact) mass is 365 g/mol. The first-order valence-electron chi connectivity index (χ1n) is 9.72. The summed E-state index contributed by atoms with van der Waals surface area (Å²) in [5.74, 6) is 3.19. The second kappa shape index (κ2) is 8.89. The van der Waals surface area contributed by atoms with Crippen LogP contribution in [0.1, 0.15) is 30.4 Å². The van der Waals surface area contributed by atoms with Gasteiger partial charge in [-0.1, -0.05) is 43.3 Å². The van der Waals surface area contributed by atoms with Gasteiger partial charge in [0.2, 0.25) is 0 Å². The summed E-state index contributed by atoms with van der Waals surface area (Å²) < 4.78 is 0. The Morgan fingerprint density at radius 2 is 2.00 bits per heavy atom. The highest BCUT2D eigenvalue weighted by atomic mass is 15.3. The van der Waals surface area contributed by atoms with E-state index in [9.17, 15) is 0 Å². The van der Waals surface area contributed by atoms with E-state index in [0.29, 0.717) is 11.8 Å². The molecule has 1 saturated heterocycles. The van der Waals surface area contributed by atoms with Crippen LogP contribution in [-0.2, 0) is 6.54 Å². The number of benzene rings is 1. The standard InChI is InChI=1S/C22H31N5/c1-17-16-27(14-12-20(17)18-9-6-5-7-10-18)22(23-2)25-15-19-11-8-13-24-21(19)26(3)4/h5-11,13,17,20H,12,14-16H2,1-4H3,(H,23,25). The Morgan fingerprint density at radius 1 is 1.22 bits per heavy atom. The van der Waals surface area contributed by atoms with E-state index in [1.54, 1.807) is 0 Å². The molecule has 1 N–H and O–H groups in total. The average molecular weight is 366 g/mol. The van der Waals surface area contributed by atoms with Crippen molar-refractivity contribution in [2.24, 2.45) is 10.9 Å². The molecule has 5 heteroatoms. The molecule has 144 valence electrons. The molecule has 0 bridgehead atoms. The summed E-state index contributed by atoms with van der Waals surface area (Å²) in [6.07, 6.45) is 2.99.